The molecule has 0 bridgehead atoms. The van der Waals surface area contributed by atoms with Crippen molar-refractivity contribution in [2.24, 2.45) is 0 Å². The van der Waals surface area contributed by atoms with Crippen LogP contribution in [0.1, 0.15) is 43.4 Å². The van der Waals surface area contributed by atoms with Crippen LogP contribution >= 0.6 is 0 Å². The molecule has 1 aromatic heterocycles. The number of nitro benzene ring substituents is 1. The van der Waals surface area contributed by atoms with Crippen molar-refractivity contribution in [1.29, 1.82) is 0 Å². The van der Waals surface area contributed by atoms with Crippen molar-refractivity contribution in [3.05, 3.63) is 69.9 Å². The number of phenolic OH excluding ortho intramolecular Hbond substituents is 1. The van der Waals surface area contributed by atoms with Gasteiger partial charge in [-0.15, -0.1) is 0 Å². The molecule has 0 aliphatic carbocycles. The average Bonchev–Trinajstić information content (AvgIpc) is 2.76. The van der Waals surface area contributed by atoms with Crippen LogP contribution in [0.5, 0.6) is 11.5 Å². The number of amides is 1. The molecule has 0 radical (unpaired) electrons. The molecule has 0 saturated carbocycles. The number of rotatable bonds is 8. The van der Waals surface area contributed by atoms with Gasteiger partial charge < -0.3 is 15.2 Å². The van der Waals surface area contributed by atoms with Crippen LogP contribution in [-0.4, -0.2) is 28.0 Å². The number of hydrogen-bond donors (Lipinski definition) is 2. The third-order valence-corrected chi connectivity index (χ3v) is 4.89. The van der Waals surface area contributed by atoms with E-state index in [-0.39, 0.29) is 33.8 Å². The Morgan fingerprint density at radius 3 is 2.67 bits per heavy atom. The standard InChI is InChI=1S/C22H23N3O5/c1-3-4-7-19(26)24-20(14-8-10-15(30-2)11-9-14)17-13-18(25(28)29)16-6-5-12-23-21(16)22(17)27/h5-6,8-13,20,27H,3-4,7H2,1-2H3,(H,24,26). The maximum absolute atomic E-state index is 12.5. The minimum Gasteiger partial charge on any atom is -0.505 e. The number of hydrogen-bond acceptors (Lipinski definition) is 6. The Kier molecular flexibility index (Phi) is 6.46. The smallest absolute Gasteiger partial charge is 0.279 e. The zero-order valence-corrected chi connectivity index (χ0v) is 16.8. The van der Waals surface area contributed by atoms with Crippen molar-refractivity contribution < 1.29 is 19.6 Å². The van der Waals surface area contributed by atoms with Crippen LogP contribution in [-0.2, 0) is 4.79 Å². The summed E-state index contributed by atoms with van der Waals surface area (Å²) in [6.07, 6.45) is 3.35. The monoisotopic (exact) mass is 409 g/mol. The van der Waals surface area contributed by atoms with Crippen molar-refractivity contribution in [2.75, 3.05) is 7.11 Å². The highest BCUT2D eigenvalue weighted by Gasteiger charge is 2.26. The van der Waals surface area contributed by atoms with E-state index in [9.17, 15) is 20.0 Å². The molecule has 0 fully saturated rings. The molecule has 0 spiro atoms. The van der Waals surface area contributed by atoms with Gasteiger partial charge in [-0.1, -0.05) is 25.5 Å². The first kappa shape index (κ1) is 21.0. The second-order valence-electron chi connectivity index (χ2n) is 6.87. The van der Waals surface area contributed by atoms with Gasteiger partial charge in [-0.05, 0) is 36.2 Å². The molecule has 1 amide bonds. The lowest BCUT2D eigenvalue weighted by molar-refractivity contribution is -0.383. The number of carbonyl (C=O) groups excluding carboxylic acids is 1. The Labute approximate surface area is 173 Å². The zero-order chi connectivity index (χ0) is 21.7. The van der Waals surface area contributed by atoms with Crippen LogP contribution in [0.2, 0.25) is 0 Å². The predicted molar refractivity (Wildman–Crippen MR) is 113 cm³/mol. The van der Waals surface area contributed by atoms with E-state index in [1.165, 1.54) is 18.3 Å². The fraction of sp³-hybridized carbons (Fsp3) is 0.273. The van der Waals surface area contributed by atoms with Gasteiger partial charge in [0, 0.05) is 24.2 Å². The van der Waals surface area contributed by atoms with Crippen LogP contribution in [0.25, 0.3) is 10.9 Å². The summed E-state index contributed by atoms with van der Waals surface area (Å²) in [7, 11) is 1.54. The summed E-state index contributed by atoms with van der Waals surface area (Å²) in [5.41, 5.74) is 0.790. The highest BCUT2D eigenvalue weighted by Crippen LogP contribution is 2.39. The highest BCUT2D eigenvalue weighted by atomic mass is 16.6. The number of ether oxygens (including phenoxy) is 1. The maximum atomic E-state index is 12.5. The van der Waals surface area contributed by atoms with Gasteiger partial charge in [0.15, 0.2) is 0 Å². The predicted octanol–water partition coefficient (Wildman–Crippen LogP) is 4.25. The Morgan fingerprint density at radius 2 is 2.03 bits per heavy atom. The molecule has 30 heavy (non-hydrogen) atoms. The zero-order valence-electron chi connectivity index (χ0n) is 16.8. The van der Waals surface area contributed by atoms with Gasteiger partial charge in [-0.25, -0.2) is 0 Å². The van der Waals surface area contributed by atoms with E-state index in [4.69, 9.17) is 4.74 Å². The van der Waals surface area contributed by atoms with Crippen molar-refractivity contribution in [3.63, 3.8) is 0 Å². The largest absolute Gasteiger partial charge is 0.505 e. The first-order chi connectivity index (χ1) is 14.5. The fourth-order valence-corrected chi connectivity index (χ4v) is 3.31. The molecule has 2 aromatic carbocycles. The molecule has 2 N–H and O–H groups in total. The number of benzene rings is 2. The number of nitrogens with one attached hydrogen (secondary N) is 1. The lowest BCUT2D eigenvalue weighted by atomic mass is 9.95. The number of fused-ring (bicyclic) bond motifs is 1. The molecule has 156 valence electrons. The highest BCUT2D eigenvalue weighted by molar-refractivity contribution is 5.94. The van der Waals surface area contributed by atoms with E-state index >= 15 is 0 Å². The molecule has 0 aliphatic rings. The lowest BCUT2D eigenvalue weighted by Crippen LogP contribution is -2.29. The third kappa shape index (κ3) is 4.32. The first-order valence-electron chi connectivity index (χ1n) is 9.64. The summed E-state index contributed by atoms with van der Waals surface area (Å²) in [5, 5.41) is 25.7. The Balaban J connectivity index is 2.16. The summed E-state index contributed by atoms with van der Waals surface area (Å²) < 4.78 is 5.18. The van der Waals surface area contributed by atoms with Crippen LogP contribution in [0, 0.1) is 10.1 Å². The summed E-state index contributed by atoms with van der Waals surface area (Å²) >= 11 is 0. The van der Waals surface area contributed by atoms with Crippen LogP contribution in [0.15, 0.2) is 48.7 Å². The molecule has 3 aromatic rings. The molecule has 3 rings (SSSR count). The molecule has 1 atom stereocenters. The van der Waals surface area contributed by atoms with Gasteiger partial charge >= 0.3 is 0 Å². The third-order valence-electron chi connectivity index (χ3n) is 4.89. The van der Waals surface area contributed by atoms with Crippen molar-refractivity contribution >= 4 is 22.5 Å². The number of aromatic hydroxyl groups is 1. The topological polar surface area (TPSA) is 115 Å². The Hall–Kier alpha value is -3.68. The maximum Gasteiger partial charge on any atom is 0.279 e. The lowest BCUT2D eigenvalue weighted by Gasteiger charge is -2.22. The summed E-state index contributed by atoms with van der Waals surface area (Å²) in [5.74, 6) is 0.221. The summed E-state index contributed by atoms with van der Waals surface area (Å²) in [6.45, 7) is 1.98. The number of methoxy groups -OCH3 is 1. The first-order valence-corrected chi connectivity index (χ1v) is 9.64. The van der Waals surface area contributed by atoms with Crippen LogP contribution in [0.3, 0.4) is 0 Å². The van der Waals surface area contributed by atoms with Crippen LogP contribution < -0.4 is 10.1 Å². The number of carbonyl (C=O) groups is 1. The second kappa shape index (κ2) is 9.21. The number of non-ortho nitro benzene ring substituents is 1. The number of nitrogens with zero attached hydrogens (tertiary/aromatic N) is 2. The SMILES string of the molecule is CCCCC(=O)NC(c1ccc(OC)cc1)c1cc([N+](=O)[O-])c2cccnc2c1O. The molecular formula is C22H23N3O5. The Bertz CT molecular complexity index is 1070. The molecule has 1 unspecified atom stereocenters. The van der Waals surface area contributed by atoms with Gasteiger partial charge in [0.2, 0.25) is 5.91 Å². The quantitative estimate of drug-likeness (QED) is 0.424. The summed E-state index contributed by atoms with van der Waals surface area (Å²) in [4.78, 5) is 27.8. The number of aromatic nitrogens is 1. The molecular weight excluding hydrogens is 386 g/mol. The number of nitro groups is 1. The molecule has 8 nitrogen and oxygen atoms in total. The van der Waals surface area contributed by atoms with E-state index < -0.39 is 11.0 Å². The molecule has 0 saturated heterocycles. The van der Waals surface area contributed by atoms with Gasteiger partial charge in [0.1, 0.15) is 17.0 Å². The van der Waals surface area contributed by atoms with E-state index in [2.05, 4.69) is 10.3 Å². The van der Waals surface area contributed by atoms with Gasteiger partial charge in [-0.3, -0.25) is 19.9 Å². The minimum absolute atomic E-state index is 0.114. The van der Waals surface area contributed by atoms with Gasteiger partial charge in [0.05, 0.1) is 23.5 Å². The summed E-state index contributed by atoms with van der Waals surface area (Å²) in [6, 6.07) is 10.6. The number of pyridine rings is 1. The van der Waals surface area contributed by atoms with E-state index in [1.807, 2.05) is 6.92 Å². The molecule has 8 heteroatoms. The number of unbranched alkanes of at least 4 members (excludes halogenated alkanes) is 1. The van der Waals surface area contributed by atoms with Crippen LogP contribution in [0.4, 0.5) is 5.69 Å². The Morgan fingerprint density at radius 1 is 1.30 bits per heavy atom. The van der Waals surface area contributed by atoms with E-state index in [0.29, 0.717) is 24.2 Å². The van der Waals surface area contributed by atoms with E-state index in [1.54, 1.807) is 37.4 Å². The van der Waals surface area contributed by atoms with E-state index in [0.717, 1.165) is 6.42 Å². The average molecular weight is 409 g/mol. The van der Waals surface area contributed by atoms with Crippen molar-refractivity contribution in [3.8, 4) is 11.5 Å². The van der Waals surface area contributed by atoms with Gasteiger partial charge in [-0.2, -0.15) is 0 Å². The molecule has 1 heterocycles. The van der Waals surface area contributed by atoms with Crippen molar-refractivity contribution in [1.82, 2.24) is 10.3 Å². The van der Waals surface area contributed by atoms with Crippen molar-refractivity contribution in [2.45, 2.75) is 32.2 Å². The second-order valence-corrected chi connectivity index (χ2v) is 6.87. The molecule has 0 aliphatic heterocycles. The normalized spacial score (nSPS) is 11.8. The van der Waals surface area contributed by atoms with Gasteiger partial charge in [0.25, 0.3) is 5.69 Å². The minimum atomic E-state index is -0.787. The fourth-order valence-electron chi connectivity index (χ4n) is 3.31. The number of phenols is 1.